The Morgan fingerprint density at radius 2 is 2.07 bits per heavy atom. The zero-order valence-electron chi connectivity index (χ0n) is 6.48. The first kappa shape index (κ1) is 10.8. The van der Waals surface area contributed by atoms with Crippen LogP contribution in [0.5, 0.6) is 0 Å². The van der Waals surface area contributed by atoms with Crippen molar-refractivity contribution in [3.05, 3.63) is 33.5 Å². The van der Waals surface area contributed by atoms with Crippen LogP contribution in [0.15, 0.2) is 11.0 Å². The van der Waals surface area contributed by atoms with Gasteiger partial charge in [0.15, 0.2) is 5.82 Å². The standard InChI is InChI=1S/C7H3ClF3NO2/c8-6(14)2-1-12-4(7(10)11)3(9)5(2)13/h1,7H,(H,12,13). The molecule has 76 valence electrons. The Balaban J connectivity index is 3.42. The van der Waals surface area contributed by atoms with Crippen molar-refractivity contribution in [3.8, 4) is 0 Å². The van der Waals surface area contributed by atoms with Crippen LogP contribution in [0, 0.1) is 5.82 Å². The molecule has 0 unspecified atom stereocenters. The van der Waals surface area contributed by atoms with Gasteiger partial charge in [-0.25, -0.2) is 13.2 Å². The van der Waals surface area contributed by atoms with Crippen LogP contribution in [-0.4, -0.2) is 10.2 Å². The maximum atomic E-state index is 12.8. The Kier molecular flexibility index (Phi) is 2.95. The number of halogens is 4. The van der Waals surface area contributed by atoms with E-state index in [4.69, 9.17) is 11.6 Å². The van der Waals surface area contributed by atoms with E-state index in [0.29, 0.717) is 6.20 Å². The fourth-order valence-corrected chi connectivity index (χ4v) is 0.965. The van der Waals surface area contributed by atoms with Gasteiger partial charge in [-0.2, -0.15) is 0 Å². The van der Waals surface area contributed by atoms with Crippen LogP contribution >= 0.6 is 11.6 Å². The van der Waals surface area contributed by atoms with Gasteiger partial charge in [0.25, 0.3) is 11.7 Å². The molecule has 0 saturated carbocycles. The molecule has 0 bridgehead atoms. The summed E-state index contributed by atoms with van der Waals surface area (Å²) >= 11 is 4.90. The number of pyridine rings is 1. The van der Waals surface area contributed by atoms with Crippen molar-refractivity contribution >= 4 is 16.8 Å². The number of hydrogen-bond acceptors (Lipinski definition) is 2. The maximum absolute atomic E-state index is 12.8. The number of H-pyrrole nitrogens is 1. The highest BCUT2D eigenvalue weighted by molar-refractivity contribution is 6.67. The second-order valence-electron chi connectivity index (χ2n) is 2.33. The molecule has 0 aliphatic carbocycles. The lowest BCUT2D eigenvalue weighted by molar-refractivity contribution is 0.107. The summed E-state index contributed by atoms with van der Waals surface area (Å²) in [7, 11) is 0. The number of rotatable bonds is 2. The van der Waals surface area contributed by atoms with E-state index < -0.39 is 34.2 Å². The lowest BCUT2D eigenvalue weighted by Crippen LogP contribution is -2.19. The van der Waals surface area contributed by atoms with Gasteiger partial charge >= 0.3 is 0 Å². The van der Waals surface area contributed by atoms with Crippen molar-refractivity contribution in [1.29, 1.82) is 0 Å². The van der Waals surface area contributed by atoms with Crippen LogP contribution in [0.2, 0.25) is 0 Å². The highest BCUT2D eigenvalue weighted by Gasteiger charge is 2.20. The Labute approximate surface area is 80.5 Å². The second-order valence-corrected chi connectivity index (χ2v) is 2.68. The van der Waals surface area contributed by atoms with E-state index in [0.717, 1.165) is 0 Å². The third kappa shape index (κ3) is 1.79. The van der Waals surface area contributed by atoms with Gasteiger partial charge in [0.05, 0.1) is 0 Å². The smallest absolute Gasteiger partial charge is 0.281 e. The summed E-state index contributed by atoms with van der Waals surface area (Å²) in [4.78, 5) is 23.2. The molecular formula is C7H3ClF3NO2. The molecule has 0 spiro atoms. The van der Waals surface area contributed by atoms with Crippen LogP contribution in [0.1, 0.15) is 22.5 Å². The van der Waals surface area contributed by atoms with Crippen LogP contribution in [0.4, 0.5) is 13.2 Å². The SMILES string of the molecule is O=C(Cl)c1c[nH]c(C(F)F)c(F)c1=O. The predicted octanol–water partition coefficient (Wildman–Crippen LogP) is 1.83. The Hall–Kier alpha value is -1.30. The first-order valence-electron chi connectivity index (χ1n) is 3.34. The molecular weight excluding hydrogens is 223 g/mol. The number of aromatic amines is 1. The van der Waals surface area contributed by atoms with Gasteiger partial charge in [-0.1, -0.05) is 0 Å². The molecule has 0 radical (unpaired) electrons. The van der Waals surface area contributed by atoms with E-state index in [2.05, 4.69) is 0 Å². The highest BCUT2D eigenvalue weighted by atomic mass is 35.5. The van der Waals surface area contributed by atoms with Gasteiger partial charge in [0, 0.05) is 6.20 Å². The monoisotopic (exact) mass is 225 g/mol. The van der Waals surface area contributed by atoms with E-state index in [1.54, 1.807) is 4.98 Å². The van der Waals surface area contributed by atoms with Gasteiger partial charge in [0.2, 0.25) is 5.43 Å². The van der Waals surface area contributed by atoms with Gasteiger partial charge in [-0.3, -0.25) is 9.59 Å². The summed E-state index contributed by atoms with van der Waals surface area (Å²) in [6.07, 6.45) is -2.50. The van der Waals surface area contributed by atoms with Crippen molar-refractivity contribution < 1.29 is 18.0 Å². The molecule has 0 amide bonds. The third-order valence-electron chi connectivity index (χ3n) is 1.48. The molecule has 1 rings (SSSR count). The molecule has 1 N–H and O–H groups in total. The first-order valence-corrected chi connectivity index (χ1v) is 3.72. The molecule has 0 saturated heterocycles. The van der Waals surface area contributed by atoms with Gasteiger partial charge in [-0.15, -0.1) is 0 Å². The lowest BCUT2D eigenvalue weighted by Gasteiger charge is -2.01. The molecule has 1 heterocycles. The van der Waals surface area contributed by atoms with Crippen LogP contribution in [0.3, 0.4) is 0 Å². The van der Waals surface area contributed by atoms with Crippen LogP contribution in [0.25, 0.3) is 0 Å². The Bertz CT molecular complexity index is 429. The number of nitrogens with one attached hydrogen (secondary N) is 1. The van der Waals surface area contributed by atoms with Gasteiger partial charge in [0.1, 0.15) is 11.3 Å². The largest absolute Gasteiger partial charge is 0.357 e. The minimum atomic E-state index is -3.15. The minimum Gasteiger partial charge on any atom is -0.357 e. The zero-order chi connectivity index (χ0) is 10.9. The van der Waals surface area contributed by atoms with Crippen molar-refractivity contribution in [3.63, 3.8) is 0 Å². The number of carbonyl (C=O) groups is 1. The average molecular weight is 226 g/mol. The molecule has 1 aromatic heterocycles. The summed E-state index contributed by atoms with van der Waals surface area (Å²) in [5.74, 6) is -1.69. The van der Waals surface area contributed by atoms with Crippen LogP contribution < -0.4 is 5.43 Å². The van der Waals surface area contributed by atoms with E-state index in [-0.39, 0.29) is 0 Å². The van der Waals surface area contributed by atoms with Gasteiger partial charge < -0.3 is 4.98 Å². The van der Waals surface area contributed by atoms with E-state index in [9.17, 15) is 22.8 Å². The minimum absolute atomic E-state index is 0.655. The topological polar surface area (TPSA) is 49.9 Å². The second kappa shape index (κ2) is 3.83. The lowest BCUT2D eigenvalue weighted by atomic mass is 10.2. The van der Waals surface area contributed by atoms with Crippen molar-refractivity contribution in [2.24, 2.45) is 0 Å². The zero-order valence-corrected chi connectivity index (χ0v) is 7.24. The summed E-state index contributed by atoms with van der Waals surface area (Å²) in [6, 6.07) is 0. The van der Waals surface area contributed by atoms with E-state index in [1.807, 2.05) is 0 Å². The highest BCUT2D eigenvalue weighted by Crippen LogP contribution is 2.17. The fourth-order valence-electron chi connectivity index (χ4n) is 0.824. The number of carbonyl (C=O) groups excluding carboxylic acids is 1. The van der Waals surface area contributed by atoms with E-state index in [1.165, 1.54) is 0 Å². The maximum Gasteiger partial charge on any atom is 0.281 e. The summed E-state index contributed by atoms with van der Waals surface area (Å²) in [5, 5.41) is -1.20. The average Bonchev–Trinajstić information content (AvgIpc) is 2.08. The molecule has 7 heteroatoms. The van der Waals surface area contributed by atoms with Crippen molar-refractivity contribution in [2.75, 3.05) is 0 Å². The normalized spacial score (nSPS) is 10.6. The van der Waals surface area contributed by atoms with Crippen molar-refractivity contribution in [2.45, 2.75) is 6.43 Å². The molecule has 1 aromatic rings. The molecule has 14 heavy (non-hydrogen) atoms. The summed E-state index contributed by atoms with van der Waals surface area (Å²) in [6.45, 7) is 0. The predicted molar refractivity (Wildman–Crippen MR) is 42.2 cm³/mol. The summed E-state index contributed by atoms with van der Waals surface area (Å²) < 4.78 is 36.9. The Morgan fingerprint density at radius 1 is 1.50 bits per heavy atom. The van der Waals surface area contributed by atoms with Gasteiger partial charge in [-0.05, 0) is 11.6 Å². The van der Waals surface area contributed by atoms with E-state index >= 15 is 0 Å². The Morgan fingerprint density at radius 3 is 2.50 bits per heavy atom. The number of alkyl halides is 2. The summed E-state index contributed by atoms with van der Waals surface area (Å²) in [5.41, 5.74) is -3.29. The number of hydrogen-bond donors (Lipinski definition) is 1. The molecule has 3 nitrogen and oxygen atoms in total. The molecule has 0 atom stereocenters. The quantitative estimate of drug-likeness (QED) is 0.781. The van der Waals surface area contributed by atoms with Crippen molar-refractivity contribution in [1.82, 2.24) is 4.98 Å². The third-order valence-corrected chi connectivity index (χ3v) is 1.69. The molecule has 0 fully saturated rings. The van der Waals surface area contributed by atoms with Crippen LogP contribution in [-0.2, 0) is 0 Å². The number of aromatic nitrogens is 1. The molecule has 0 aliphatic heterocycles. The first-order chi connectivity index (χ1) is 6.45. The molecule has 0 aliphatic rings. The molecule has 0 aromatic carbocycles. The fraction of sp³-hybridized carbons (Fsp3) is 0.143.